The van der Waals surface area contributed by atoms with Crippen molar-refractivity contribution < 1.29 is 13.3 Å². The number of rotatable bonds is 17. The van der Waals surface area contributed by atoms with Gasteiger partial charge in [0.1, 0.15) is 0 Å². The molecule has 23 heavy (non-hydrogen) atoms. The minimum absolute atomic E-state index is 0.674. The average Bonchev–Trinajstić information content (AvgIpc) is 2.49. The molecule has 0 aromatic rings. The van der Waals surface area contributed by atoms with Gasteiger partial charge in [0.15, 0.2) is 0 Å². The number of halogens is 1. The van der Waals surface area contributed by atoms with Gasteiger partial charge in [0.05, 0.1) is 0 Å². The first kappa shape index (κ1) is 23.6. The molecule has 0 bridgehead atoms. The maximum absolute atomic E-state index is 5.89. The molecule has 0 aromatic carbocycles. The molecule has 0 aliphatic rings. The maximum Gasteiger partial charge on any atom is 0.500 e. The third kappa shape index (κ3) is 13.5. The van der Waals surface area contributed by atoms with E-state index in [1.54, 1.807) is 0 Å². The standard InChI is InChI=1S/C18H39BrO3Si/c1-5-20-23(21-6-2,22-7-3)17-15-13-11-9-8-10-12-14-16-18(4)19/h18H,5-17H2,1-4H3. The maximum atomic E-state index is 5.89. The molecular formula is C18H39BrO3Si. The number of alkyl halides is 1. The van der Waals surface area contributed by atoms with Gasteiger partial charge in [-0.05, 0) is 33.6 Å². The molecule has 0 aromatic heterocycles. The van der Waals surface area contributed by atoms with Crippen molar-refractivity contribution in [2.45, 2.75) is 96.4 Å². The molecule has 1 unspecified atom stereocenters. The van der Waals surface area contributed by atoms with Crippen LogP contribution in [-0.4, -0.2) is 33.5 Å². The molecule has 5 heteroatoms. The Kier molecular flexibility index (Phi) is 16.5. The van der Waals surface area contributed by atoms with Crippen molar-refractivity contribution >= 4 is 24.7 Å². The molecule has 0 saturated carbocycles. The minimum Gasteiger partial charge on any atom is -0.374 e. The second-order valence-corrected chi connectivity index (χ2v) is 10.4. The van der Waals surface area contributed by atoms with Crippen molar-refractivity contribution in [2.75, 3.05) is 19.8 Å². The Morgan fingerprint density at radius 2 is 1.09 bits per heavy atom. The van der Waals surface area contributed by atoms with Crippen molar-refractivity contribution in [3.8, 4) is 0 Å². The second kappa shape index (κ2) is 16.1. The van der Waals surface area contributed by atoms with Gasteiger partial charge in [-0.15, -0.1) is 0 Å². The molecule has 0 aliphatic carbocycles. The van der Waals surface area contributed by atoms with E-state index >= 15 is 0 Å². The molecule has 1 atom stereocenters. The number of hydrogen-bond donors (Lipinski definition) is 0. The van der Waals surface area contributed by atoms with Crippen molar-refractivity contribution in [2.24, 2.45) is 0 Å². The quantitative estimate of drug-likeness (QED) is 0.159. The Morgan fingerprint density at radius 1 is 0.696 bits per heavy atom. The topological polar surface area (TPSA) is 27.7 Å². The summed E-state index contributed by atoms with van der Waals surface area (Å²) in [6.45, 7) is 10.3. The summed E-state index contributed by atoms with van der Waals surface area (Å²) in [7, 11) is -2.40. The van der Waals surface area contributed by atoms with Gasteiger partial charge in [-0.25, -0.2) is 0 Å². The summed E-state index contributed by atoms with van der Waals surface area (Å²) >= 11 is 3.61. The summed E-state index contributed by atoms with van der Waals surface area (Å²) < 4.78 is 17.7. The molecular weight excluding hydrogens is 372 g/mol. The highest BCUT2D eigenvalue weighted by atomic mass is 79.9. The molecule has 0 radical (unpaired) electrons. The lowest BCUT2D eigenvalue weighted by Gasteiger charge is -2.28. The van der Waals surface area contributed by atoms with Gasteiger partial charge in [0, 0.05) is 30.7 Å². The Balaban J connectivity index is 3.69. The fourth-order valence-corrected chi connectivity index (χ4v) is 5.84. The zero-order valence-corrected chi connectivity index (χ0v) is 18.5. The summed E-state index contributed by atoms with van der Waals surface area (Å²) in [5, 5.41) is 0. The molecule has 3 nitrogen and oxygen atoms in total. The van der Waals surface area contributed by atoms with Crippen LogP contribution in [0.4, 0.5) is 0 Å². The van der Waals surface area contributed by atoms with E-state index in [2.05, 4.69) is 22.9 Å². The van der Waals surface area contributed by atoms with Crippen molar-refractivity contribution in [1.29, 1.82) is 0 Å². The zero-order chi connectivity index (χ0) is 17.4. The van der Waals surface area contributed by atoms with Crippen LogP contribution >= 0.6 is 15.9 Å². The van der Waals surface area contributed by atoms with E-state index in [9.17, 15) is 0 Å². The zero-order valence-electron chi connectivity index (χ0n) is 15.9. The molecule has 140 valence electrons. The van der Waals surface area contributed by atoms with E-state index in [0.717, 1.165) is 12.5 Å². The Labute approximate surface area is 154 Å². The fourth-order valence-electron chi connectivity index (χ4n) is 2.83. The average molecular weight is 411 g/mol. The number of unbranched alkanes of at least 4 members (excludes halogenated alkanes) is 7. The molecule has 0 aliphatic heterocycles. The van der Waals surface area contributed by atoms with Crippen LogP contribution in [0.3, 0.4) is 0 Å². The monoisotopic (exact) mass is 410 g/mol. The van der Waals surface area contributed by atoms with Crippen LogP contribution in [0.25, 0.3) is 0 Å². The highest BCUT2D eigenvalue weighted by molar-refractivity contribution is 9.09. The van der Waals surface area contributed by atoms with Crippen molar-refractivity contribution in [1.82, 2.24) is 0 Å². The van der Waals surface area contributed by atoms with Crippen LogP contribution in [-0.2, 0) is 13.3 Å². The highest BCUT2D eigenvalue weighted by Gasteiger charge is 2.39. The first-order chi connectivity index (χ1) is 11.1. The predicted octanol–water partition coefficient (Wildman–Crippen LogP) is 6.33. The van der Waals surface area contributed by atoms with Crippen LogP contribution in [0.2, 0.25) is 6.04 Å². The lowest BCUT2D eigenvalue weighted by atomic mass is 10.1. The van der Waals surface area contributed by atoms with Gasteiger partial charge in [0.25, 0.3) is 0 Å². The Hall–Kier alpha value is 0.577. The smallest absolute Gasteiger partial charge is 0.374 e. The van der Waals surface area contributed by atoms with E-state index < -0.39 is 8.80 Å². The lowest BCUT2D eigenvalue weighted by Crippen LogP contribution is -2.45. The third-order valence-corrected chi connectivity index (χ3v) is 7.54. The van der Waals surface area contributed by atoms with Crippen molar-refractivity contribution in [3.05, 3.63) is 0 Å². The summed E-state index contributed by atoms with van der Waals surface area (Å²) in [6, 6.07) is 0.964. The van der Waals surface area contributed by atoms with Gasteiger partial charge in [0.2, 0.25) is 0 Å². The van der Waals surface area contributed by atoms with Crippen LogP contribution in [0.15, 0.2) is 0 Å². The summed E-state index contributed by atoms with van der Waals surface area (Å²) in [6.07, 6.45) is 11.9. The molecule has 0 fully saturated rings. The molecule has 0 amide bonds. The van der Waals surface area contributed by atoms with Crippen LogP contribution < -0.4 is 0 Å². The van der Waals surface area contributed by atoms with E-state index in [-0.39, 0.29) is 0 Å². The van der Waals surface area contributed by atoms with Crippen molar-refractivity contribution in [3.63, 3.8) is 0 Å². The molecule has 0 N–H and O–H groups in total. The van der Waals surface area contributed by atoms with E-state index in [0.29, 0.717) is 24.6 Å². The van der Waals surface area contributed by atoms with Gasteiger partial charge in [-0.1, -0.05) is 67.8 Å². The molecule has 0 rings (SSSR count). The largest absolute Gasteiger partial charge is 0.500 e. The van der Waals surface area contributed by atoms with Gasteiger partial charge in [-0.2, -0.15) is 0 Å². The SMILES string of the molecule is CCO[Si](CCCCCCCCCCC(C)Br)(OCC)OCC. The van der Waals surface area contributed by atoms with Crippen LogP contribution in [0.1, 0.15) is 85.5 Å². The molecule has 0 saturated heterocycles. The highest BCUT2D eigenvalue weighted by Crippen LogP contribution is 2.21. The summed E-state index contributed by atoms with van der Waals surface area (Å²) in [4.78, 5) is 0.674. The van der Waals surface area contributed by atoms with Gasteiger partial charge >= 0.3 is 8.80 Å². The summed E-state index contributed by atoms with van der Waals surface area (Å²) in [5.74, 6) is 0. The van der Waals surface area contributed by atoms with Crippen LogP contribution in [0.5, 0.6) is 0 Å². The van der Waals surface area contributed by atoms with Crippen LogP contribution in [0, 0.1) is 0 Å². The van der Waals surface area contributed by atoms with E-state index in [1.807, 2.05) is 20.8 Å². The Bertz CT molecular complexity index is 235. The first-order valence-corrected chi connectivity index (χ1v) is 12.5. The molecule has 0 spiro atoms. The minimum atomic E-state index is -2.40. The lowest BCUT2D eigenvalue weighted by molar-refractivity contribution is 0.0706. The van der Waals surface area contributed by atoms with Gasteiger partial charge < -0.3 is 13.3 Å². The van der Waals surface area contributed by atoms with E-state index in [1.165, 1.54) is 51.4 Å². The second-order valence-electron chi connectivity index (χ2n) is 6.13. The normalized spacial score (nSPS) is 13.4. The predicted molar refractivity (Wildman–Crippen MR) is 105 cm³/mol. The number of hydrogen-bond acceptors (Lipinski definition) is 3. The fraction of sp³-hybridized carbons (Fsp3) is 1.00. The van der Waals surface area contributed by atoms with E-state index in [4.69, 9.17) is 13.3 Å². The molecule has 0 heterocycles. The summed E-state index contributed by atoms with van der Waals surface area (Å²) in [5.41, 5.74) is 0. The Morgan fingerprint density at radius 3 is 1.48 bits per heavy atom. The van der Waals surface area contributed by atoms with Gasteiger partial charge in [-0.3, -0.25) is 0 Å². The third-order valence-electron chi connectivity index (χ3n) is 3.93. The first-order valence-electron chi connectivity index (χ1n) is 9.66.